The first kappa shape index (κ1) is 30.3. The maximum Gasteiger partial charge on any atom is 0.313 e. The molecule has 0 aliphatic carbocycles. The monoisotopic (exact) mass is 598 g/mol. The summed E-state index contributed by atoms with van der Waals surface area (Å²) in [6, 6.07) is 13.7. The third-order valence-electron chi connectivity index (χ3n) is 9.95. The summed E-state index contributed by atoms with van der Waals surface area (Å²) in [5, 5.41) is 10.8. The number of aliphatic hydroxyl groups excluding tert-OH is 1. The van der Waals surface area contributed by atoms with Gasteiger partial charge in [0.15, 0.2) is 0 Å². The predicted octanol–water partition coefficient (Wildman–Crippen LogP) is 4.45. The van der Waals surface area contributed by atoms with Crippen molar-refractivity contribution >= 4 is 23.5 Å². The highest BCUT2D eigenvalue weighted by Crippen LogP contribution is 2.58. The van der Waals surface area contributed by atoms with Crippen LogP contribution in [0.4, 0.5) is 5.69 Å². The van der Waals surface area contributed by atoms with E-state index in [4.69, 9.17) is 9.47 Å². The van der Waals surface area contributed by atoms with E-state index in [0.717, 1.165) is 41.6 Å². The van der Waals surface area contributed by atoms with Crippen molar-refractivity contribution in [3.63, 3.8) is 0 Å². The highest BCUT2D eigenvalue weighted by Gasteiger charge is 2.76. The van der Waals surface area contributed by atoms with Crippen molar-refractivity contribution in [2.75, 3.05) is 24.7 Å². The molecule has 4 aliphatic heterocycles. The molecule has 1 spiro atoms. The minimum absolute atomic E-state index is 0.270. The molecule has 44 heavy (non-hydrogen) atoms. The highest BCUT2D eigenvalue weighted by molar-refractivity contribution is 6.06. The van der Waals surface area contributed by atoms with Crippen LogP contribution in [0, 0.1) is 25.7 Å². The Morgan fingerprint density at radius 2 is 1.68 bits per heavy atom. The highest BCUT2D eigenvalue weighted by atomic mass is 16.6. The van der Waals surface area contributed by atoms with Gasteiger partial charge in [-0.05, 0) is 62.6 Å². The zero-order valence-electron chi connectivity index (χ0n) is 25.8. The van der Waals surface area contributed by atoms with Crippen LogP contribution in [0.25, 0.3) is 0 Å². The summed E-state index contributed by atoms with van der Waals surface area (Å²) in [6.07, 6.45) is 10.9. The van der Waals surface area contributed by atoms with Crippen molar-refractivity contribution < 1.29 is 29.0 Å². The molecule has 2 aromatic carbocycles. The number of aryl methyl sites for hydroxylation is 2. The van der Waals surface area contributed by atoms with Gasteiger partial charge in [-0.3, -0.25) is 14.4 Å². The number of para-hydroxylation sites is 1. The van der Waals surface area contributed by atoms with Crippen LogP contribution in [-0.4, -0.2) is 70.8 Å². The Hall–Kier alpha value is -3.75. The molecule has 0 bridgehead atoms. The molecule has 2 fully saturated rings. The number of rotatable bonds is 6. The van der Waals surface area contributed by atoms with Crippen molar-refractivity contribution in [3.05, 3.63) is 89.5 Å². The van der Waals surface area contributed by atoms with Crippen LogP contribution in [0.15, 0.2) is 72.8 Å². The standard InChI is InChI=1S/C36H42N2O6/c1-4-35-18-10-5-6-11-21-43-34(42)29(35)28-32(40)38(27(23-39)22-26-16-8-7-9-17-26)31-33(41)37(20-13-19-36(28,31)44-35)30-24(2)14-12-15-25(30)3/h7-10,12-19,27-29,31,39H,4-6,11,20-23H2,1-3H3/b18-10-/t27-,28+,29+,31?,35-,36+/m1/s1. The molecule has 0 radical (unpaired) electrons. The summed E-state index contributed by atoms with van der Waals surface area (Å²) < 4.78 is 12.9. The Balaban J connectivity index is 1.54. The number of carbonyl (C=O) groups excluding carboxylic acids is 3. The van der Waals surface area contributed by atoms with E-state index in [-0.39, 0.29) is 31.6 Å². The molecule has 0 saturated carbocycles. The number of likely N-dealkylation sites (tertiary alicyclic amines) is 1. The lowest BCUT2D eigenvalue weighted by molar-refractivity contribution is -0.161. The van der Waals surface area contributed by atoms with Crippen LogP contribution in [0.3, 0.4) is 0 Å². The van der Waals surface area contributed by atoms with Gasteiger partial charge in [-0.2, -0.15) is 0 Å². The Kier molecular flexibility index (Phi) is 8.24. The fourth-order valence-corrected chi connectivity index (χ4v) is 7.94. The number of hydrogen-bond donors (Lipinski definition) is 1. The number of carbonyl (C=O) groups is 3. The van der Waals surface area contributed by atoms with E-state index in [1.807, 2.05) is 93.6 Å². The Bertz CT molecular complexity index is 1470. The number of anilines is 1. The second-order valence-electron chi connectivity index (χ2n) is 12.6. The fourth-order valence-electron chi connectivity index (χ4n) is 7.94. The van der Waals surface area contributed by atoms with Crippen LogP contribution in [0.5, 0.6) is 0 Å². The largest absolute Gasteiger partial charge is 0.465 e. The predicted molar refractivity (Wildman–Crippen MR) is 167 cm³/mol. The summed E-state index contributed by atoms with van der Waals surface area (Å²) in [7, 11) is 0. The van der Waals surface area contributed by atoms with Gasteiger partial charge in [0.1, 0.15) is 23.2 Å². The molecular formula is C36H42N2O6. The molecule has 8 heteroatoms. The van der Waals surface area contributed by atoms with Crippen LogP contribution >= 0.6 is 0 Å². The van der Waals surface area contributed by atoms with Gasteiger partial charge in [-0.15, -0.1) is 0 Å². The number of cyclic esters (lactones) is 1. The molecule has 2 amide bonds. The lowest BCUT2D eigenvalue weighted by Crippen LogP contribution is -2.59. The number of esters is 1. The van der Waals surface area contributed by atoms with Gasteiger partial charge >= 0.3 is 5.97 Å². The van der Waals surface area contributed by atoms with E-state index < -0.39 is 41.1 Å². The maximum atomic E-state index is 15.0. The average Bonchev–Trinajstić information content (AvgIpc) is 3.38. The second kappa shape index (κ2) is 12.0. The second-order valence-corrected chi connectivity index (χ2v) is 12.6. The first-order valence-corrected chi connectivity index (χ1v) is 15.8. The minimum Gasteiger partial charge on any atom is -0.465 e. The number of allylic oxidation sites excluding steroid dienone is 1. The van der Waals surface area contributed by atoms with Crippen molar-refractivity contribution in [3.8, 4) is 0 Å². The molecule has 2 saturated heterocycles. The smallest absolute Gasteiger partial charge is 0.313 e. The zero-order chi connectivity index (χ0) is 31.1. The van der Waals surface area contributed by atoms with Gasteiger partial charge in [0.25, 0.3) is 5.91 Å². The summed E-state index contributed by atoms with van der Waals surface area (Å²) in [6.45, 7) is 6.09. The molecular weight excluding hydrogens is 556 g/mol. The molecule has 6 rings (SSSR count). The molecule has 2 aromatic rings. The van der Waals surface area contributed by atoms with Gasteiger partial charge in [-0.25, -0.2) is 0 Å². The van der Waals surface area contributed by atoms with Crippen molar-refractivity contribution in [2.45, 2.75) is 76.2 Å². The molecule has 0 aromatic heterocycles. The van der Waals surface area contributed by atoms with E-state index >= 15 is 4.79 Å². The van der Waals surface area contributed by atoms with Crippen LogP contribution < -0.4 is 4.90 Å². The maximum absolute atomic E-state index is 15.0. The SMILES string of the molecule is CC[C@@]12/C=C\CCCCOC(=O)[C@@H]1[C@H]1C(=O)N([C@@H](CO)Cc3ccccc3)C3C(=O)N(c4c(C)cccc4C)CC=C[C@@]31O2. The Labute approximate surface area is 259 Å². The lowest BCUT2D eigenvalue weighted by Gasteiger charge is -2.41. The fraction of sp³-hybridized carbons (Fsp3) is 0.472. The molecule has 4 heterocycles. The van der Waals surface area contributed by atoms with Gasteiger partial charge in [0.2, 0.25) is 5.91 Å². The van der Waals surface area contributed by atoms with E-state index in [1.165, 1.54) is 4.90 Å². The van der Waals surface area contributed by atoms with Crippen LogP contribution in [-0.2, 0) is 30.3 Å². The Morgan fingerprint density at radius 1 is 0.932 bits per heavy atom. The molecule has 232 valence electrons. The third kappa shape index (κ3) is 4.79. The lowest BCUT2D eigenvalue weighted by atomic mass is 9.73. The third-order valence-corrected chi connectivity index (χ3v) is 9.95. The first-order chi connectivity index (χ1) is 21.3. The van der Waals surface area contributed by atoms with Crippen LogP contribution in [0.2, 0.25) is 0 Å². The number of ether oxygens (including phenoxy) is 2. The number of amides is 2. The molecule has 4 aliphatic rings. The first-order valence-electron chi connectivity index (χ1n) is 15.8. The van der Waals surface area contributed by atoms with Crippen LogP contribution in [0.1, 0.15) is 49.3 Å². The van der Waals surface area contributed by atoms with E-state index in [2.05, 4.69) is 0 Å². The normalized spacial score (nSPS) is 31.5. The quantitative estimate of drug-likeness (QED) is 0.390. The van der Waals surface area contributed by atoms with E-state index in [9.17, 15) is 14.7 Å². The molecule has 8 nitrogen and oxygen atoms in total. The van der Waals surface area contributed by atoms with E-state index in [1.54, 1.807) is 4.90 Å². The van der Waals surface area contributed by atoms with Crippen molar-refractivity contribution in [1.82, 2.24) is 4.90 Å². The molecule has 1 unspecified atom stereocenters. The van der Waals surface area contributed by atoms with Gasteiger partial charge in [0.05, 0.1) is 25.2 Å². The minimum atomic E-state index is -1.43. The number of fused-ring (bicyclic) bond motifs is 2. The summed E-state index contributed by atoms with van der Waals surface area (Å²) in [5.74, 6) is -3.07. The topological polar surface area (TPSA) is 96.4 Å². The van der Waals surface area contributed by atoms with Crippen molar-refractivity contribution in [1.29, 1.82) is 0 Å². The Morgan fingerprint density at radius 3 is 2.39 bits per heavy atom. The average molecular weight is 599 g/mol. The number of benzene rings is 2. The zero-order valence-corrected chi connectivity index (χ0v) is 25.8. The number of aliphatic hydroxyl groups is 1. The van der Waals surface area contributed by atoms with Gasteiger partial charge in [-0.1, -0.05) is 79.8 Å². The van der Waals surface area contributed by atoms with Gasteiger partial charge in [0, 0.05) is 12.2 Å². The van der Waals surface area contributed by atoms with Gasteiger partial charge < -0.3 is 24.4 Å². The number of hydrogen-bond acceptors (Lipinski definition) is 6. The summed E-state index contributed by atoms with van der Waals surface area (Å²) in [4.78, 5) is 47.1. The number of nitrogens with zero attached hydrogens (tertiary/aromatic N) is 2. The molecule has 6 atom stereocenters. The summed E-state index contributed by atoms with van der Waals surface area (Å²) in [5.41, 5.74) is 1.05. The van der Waals surface area contributed by atoms with Crippen molar-refractivity contribution in [2.24, 2.45) is 11.8 Å². The van der Waals surface area contributed by atoms with E-state index in [0.29, 0.717) is 12.8 Å². The summed E-state index contributed by atoms with van der Waals surface area (Å²) >= 11 is 0. The molecule has 1 N–H and O–H groups in total.